The van der Waals surface area contributed by atoms with E-state index in [0.29, 0.717) is 5.92 Å². The predicted octanol–water partition coefficient (Wildman–Crippen LogP) is 1.30. The number of nitrogens with one attached hydrogen (secondary N) is 1. The molecule has 1 saturated heterocycles. The molecule has 2 rings (SSSR count). The maximum absolute atomic E-state index is 4.47. The van der Waals surface area contributed by atoms with Crippen LogP contribution in [0.4, 0.5) is 11.8 Å². The first kappa shape index (κ1) is 13.1. The van der Waals surface area contributed by atoms with E-state index >= 15 is 0 Å². The summed E-state index contributed by atoms with van der Waals surface area (Å²) >= 11 is 0. The number of hydrogen-bond donors (Lipinski definition) is 1. The van der Waals surface area contributed by atoms with Gasteiger partial charge in [0.25, 0.3) is 0 Å². The van der Waals surface area contributed by atoms with E-state index in [2.05, 4.69) is 27.2 Å². The third kappa shape index (κ3) is 3.57. The Hall–Kier alpha value is -1.36. The third-order valence-corrected chi connectivity index (χ3v) is 3.37. The molecule has 1 atom stereocenters. The highest BCUT2D eigenvalue weighted by Crippen LogP contribution is 2.16. The highest BCUT2D eigenvalue weighted by atomic mass is 15.2. The van der Waals surface area contributed by atoms with Crippen molar-refractivity contribution in [1.82, 2.24) is 14.9 Å². The lowest BCUT2D eigenvalue weighted by molar-refractivity contribution is 0.217. The molecule has 0 spiro atoms. The number of nitrogens with zero attached hydrogens (tertiary/aromatic N) is 4. The number of piperidine rings is 1. The van der Waals surface area contributed by atoms with Crippen LogP contribution in [0.15, 0.2) is 12.3 Å². The van der Waals surface area contributed by atoms with Crippen LogP contribution in [0.1, 0.15) is 12.8 Å². The fraction of sp³-hybridized carbons (Fsp3) is 0.692. The lowest BCUT2D eigenvalue weighted by Gasteiger charge is -2.29. The fourth-order valence-electron chi connectivity index (χ4n) is 2.36. The van der Waals surface area contributed by atoms with Crippen LogP contribution >= 0.6 is 0 Å². The minimum absolute atomic E-state index is 0.704. The van der Waals surface area contributed by atoms with Gasteiger partial charge >= 0.3 is 0 Å². The first-order valence-electron chi connectivity index (χ1n) is 6.58. The predicted molar refractivity (Wildman–Crippen MR) is 75.1 cm³/mol. The molecule has 1 unspecified atom stereocenters. The molecule has 1 aromatic heterocycles. The Balaban J connectivity index is 1.87. The van der Waals surface area contributed by atoms with Crippen LogP contribution in [0.25, 0.3) is 0 Å². The summed E-state index contributed by atoms with van der Waals surface area (Å²) in [6.07, 6.45) is 4.39. The van der Waals surface area contributed by atoms with Crippen molar-refractivity contribution in [2.45, 2.75) is 12.8 Å². The Bertz CT molecular complexity index is 379. The van der Waals surface area contributed by atoms with Crippen LogP contribution < -0.4 is 10.2 Å². The standard InChI is InChI=1S/C13H23N5/c1-17(2)12-6-7-14-13(16-12)15-9-11-5-4-8-18(3)10-11/h6-7,11H,4-5,8-10H2,1-3H3,(H,14,15,16). The molecular weight excluding hydrogens is 226 g/mol. The molecule has 0 aliphatic carbocycles. The lowest BCUT2D eigenvalue weighted by atomic mass is 9.99. The normalized spacial score (nSPS) is 20.7. The second-order valence-electron chi connectivity index (χ2n) is 5.28. The van der Waals surface area contributed by atoms with E-state index < -0.39 is 0 Å². The Morgan fingerprint density at radius 3 is 3.06 bits per heavy atom. The maximum atomic E-state index is 4.47. The van der Waals surface area contributed by atoms with Gasteiger partial charge in [0.2, 0.25) is 5.95 Å². The lowest BCUT2D eigenvalue weighted by Crippen LogP contribution is -2.35. The molecular formula is C13H23N5. The Morgan fingerprint density at radius 2 is 2.33 bits per heavy atom. The summed E-state index contributed by atoms with van der Waals surface area (Å²) in [6, 6.07) is 1.92. The average Bonchev–Trinajstić information content (AvgIpc) is 2.37. The van der Waals surface area contributed by atoms with Crippen molar-refractivity contribution < 1.29 is 0 Å². The van der Waals surface area contributed by atoms with Gasteiger partial charge < -0.3 is 15.1 Å². The van der Waals surface area contributed by atoms with Gasteiger partial charge in [0.05, 0.1) is 0 Å². The average molecular weight is 249 g/mol. The van der Waals surface area contributed by atoms with Crippen LogP contribution in [0.5, 0.6) is 0 Å². The molecule has 0 radical (unpaired) electrons. The summed E-state index contributed by atoms with van der Waals surface area (Å²) in [5.74, 6) is 2.37. The van der Waals surface area contributed by atoms with E-state index in [4.69, 9.17) is 0 Å². The highest BCUT2D eigenvalue weighted by molar-refractivity contribution is 5.40. The van der Waals surface area contributed by atoms with Gasteiger partial charge in [-0.3, -0.25) is 0 Å². The highest BCUT2D eigenvalue weighted by Gasteiger charge is 2.17. The monoisotopic (exact) mass is 249 g/mol. The molecule has 0 amide bonds. The molecule has 1 N–H and O–H groups in total. The first-order valence-corrected chi connectivity index (χ1v) is 6.58. The second-order valence-corrected chi connectivity index (χ2v) is 5.28. The number of aromatic nitrogens is 2. The maximum Gasteiger partial charge on any atom is 0.224 e. The molecule has 1 aliphatic rings. The molecule has 1 fully saturated rings. The van der Waals surface area contributed by atoms with Crippen LogP contribution in [-0.4, -0.2) is 55.6 Å². The zero-order valence-electron chi connectivity index (χ0n) is 11.6. The Labute approximate surface area is 109 Å². The van der Waals surface area contributed by atoms with Gasteiger partial charge in [-0.15, -0.1) is 0 Å². The van der Waals surface area contributed by atoms with Crippen molar-refractivity contribution in [3.8, 4) is 0 Å². The number of hydrogen-bond acceptors (Lipinski definition) is 5. The van der Waals surface area contributed by atoms with Crippen molar-refractivity contribution in [2.24, 2.45) is 5.92 Å². The van der Waals surface area contributed by atoms with Gasteiger partial charge in [0.15, 0.2) is 0 Å². The van der Waals surface area contributed by atoms with E-state index in [-0.39, 0.29) is 0 Å². The van der Waals surface area contributed by atoms with Crippen LogP contribution in [-0.2, 0) is 0 Å². The van der Waals surface area contributed by atoms with Crippen LogP contribution in [0.3, 0.4) is 0 Å². The molecule has 18 heavy (non-hydrogen) atoms. The van der Waals surface area contributed by atoms with Crippen molar-refractivity contribution >= 4 is 11.8 Å². The van der Waals surface area contributed by atoms with Crippen molar-refractivity contribution in [3.63, 3.8) is 0 Å². The molecule has 0 saturated carbocycles. The van der Waals surface area contributed by atoms with Crippen molar-refractivity contribution in [2.75, 3.05) is 51.0 Å². The van der Waals surface area contributed by atoms with Gasteiger partial charge in [0, 0.05) is 33.4 Å². The summed E-state index contributed by atoms with van der Waals surface area (Å²) < 4.78 is 0. The SMILES string of the molecule is CN1CCCC(CNc2nccc(N(C)C)n2)C1. The molecule has 0 bridgehead atoms. The molecule has 0 aromatic carbocycles. The van der Waals surface area contributed by atoms with E-state index in [1.807, 2.05) is 25.1 Å². The largest absolute Gasteiger partial charge is 0.363 e. The van der Waals surface area contributed by atoms with Crippen molar-refractivity contribution in [1.29, 1.82) is 0 Å². The van der Waals surface area contributed by atoms with Gasteiger partial charge in [-0.2, -0.15) is 4.98 Å². The molecule has 5 heteroatoms. The van der Waals surface area contributed by atoms with Gasteiger partial charge in [-0.1, -0.05) is 0 Å². The molecule has 1 aromatic rings. The van der Waals surface area contributed by atoms with E-state index in [0.717, 1.165) is 18.3 Å². The van der Waals surface area contributed by atoms with E-state index in [9.17, 15) is 0 Å². The van der Waals surface area contributed by atoms with Crippen LogP contribution in [0, 0.1) is 5.92 Å². The number of anilines is 2. The minimum atomic E-state index is 0.704. The smallest absolute Gasteiger partial charge is 0.224 e. The summed E-state index contributed by atoms with van der Waals surface area (Å²) in [7, 11) is 6.17. The second kappa shape index (κ2) is 6.00. The van der Waals surface area contributed by atoms with Crippen molar-refractivity contribution in [3.05, 3.63) is 12.3 Å². The summed E-state index contributed by atoms with van der Waals surface area (Å²) in [4.78, 5) is 13.1. The van der Waals surface area contributed by atoms with Gasteiger partial charge in [0.1, 0.15) is 5.82 Å². The Morgan fingerprint density at radius 1 is 1.50 bits per heavy atom. The fourth-order valence-corrected chi connectivity index (χ4v) is 2.36. The molecule has 100 valence electrons. The third-order valence-electron chi connectivity index (χ3n) is 3.37. The summed E-state index contributed by atoms with van der Waals surface area (Å²) in [5, 5.41) is 3.35. The zero-order valence-corrected chi connectivity index (χ0v) is 11.6. The number of rotatable bonds is 4. The van der Waals surface area contributed by atoms with Gasteiger partial charge in [-0.25, -0.2) is 4.98 Å². The summed E-state index contributed by atoms with van der Waals surface area (Å²) in [5.41, 5.74) is 0. The van der Waals surface area contributed by atoms with E-state index in [1.165, 1.54) is 25.9 Å². The quantitative estimate of drug-likeness (QED) is 0.871. The minimum Gasteiger partial charge on any atom is -0.363 e. The molecule has 2 heterocycles. The molecule has 1 aliphatic heterocycles. The van der Waals surface area contributed by atoms with Crippen LogP contribution in [0.2, 0.25) is 0 Å². The Kier molecular flexibility index (Phi) is 4.36. The van der Waals surface area contributed by atoms with E-state index in [1.54, 1.807) is 6.20 Å². The summed E-state index contributed by atoms with van der Waals surface area (Å²) in [6.45, 7) is 3.35. The first-order chi connectivity index (χ1) is 8.65. The van der Waals surface area contributed by atoms with Gasteiger partial charge in [-0.05, 0) is 38.4 Å². The zero-order chi connectivity index (χ0) is 13.0. The number of likely N-dealkylation sites (tertiary alicyclic amines) is 1. The topological polar surface area (TPSA) is 44.3 Å². The molecule has 5 nitrogen and oxygen atoms in total.